The smallest absolute Gasteiger partial charge is 0.475 e. The summed E-state index contributed by atoms with van der Waals surface area (Å²) in [5, 5.41) is 9.18. The van der Waals surface area contributed by atoms with E-state index in [9.17, 15) is 26.4 Å². The molecular weight excluding hydrogens is 427 g/mol. The molecule has 1 aliphatic heterocycles. The van der Waals surface area contributed by atoms with Crippen LogP contribution in [0.4, 0.5) is 13.2 Å². The number of para-hydroxylation sites is 1. The van der Waals surface area contributed by atoms with Gasteiger partial charge < -0.3 is 10.8 Å². The first kappa shape index (κ1) is 23.5. The Bertz CT molecular complexity index is 1030. The number of nitrogens with zero attached hydrogens (tertiary/aromatic N) is 2. The summed E-state index contributed by atoms with van der Waals surface area (Å²) in [6, 6.07) is 9.25. The van der Waals surface area contributed by atoms with Crippen molar-refractivity contribution in [2.75, 3.05) is 17.3 Å². The predicted octanol–water partition coefficient (Wildman–Crippen LogP) is 2.26. The van der Waals surface area contributed by atoms with Gasteiger partial charge in [-0.05, 0) is 31.4 Å². The van der Waals surface area contributed by atoms with Crippen molar-refractivity contribution in [2.24, 2.45) is 5.73 Å². The predicted molar refractivity (Wildman–Crippen MR) is 104 cm³/mol. The van der Waals surface area contributed by atoms with Gasteiger partial charge >= 0.3 is 12.1 Å². The number of carboxylic acid groups (broad SMARTS) is 1. The van der Waals surface area contributed by atoms with E-state index < -0.39 is 33.3 Å². The van der Waals surface area contributed by atoms with E-state index in [0.29, 0.717) is 18.7 Å². The van der Waals surface area contributed by atoms with E-state index in [1.807, 2.05) is 24.3 Å². The number of rotatable bonds is 4. The molecule has 1 aliphatic rings. The summed E-state index contributed by atoms with van der Waals surface area (Å²) in [7, 11) is -3.25. The van der Waals surface area contributed by atoms with Crippen LogP contribution in [0, 0.1) is 0 Å². The van der Waals surface area contributed by atoms with Crippen LogP contribution >= 0.6 is 0 Å². The fourth-order valence-corrected chi connectivity index (χ4v) is 4.75. The maximum Gasteiger partial charge on any atom is 0.490 e. The van der Waals surface area contributed by atoms with Crippen molar-refractivity contribution in [1.82, 2.24) is 4.68 Å². The van der Waals surface area contributed by atoms with Gasteiger partial charge in [0.05, 0.1) is 5.52 Å². The van der Waals surface area contributed by atoms with Crippen molar-refractivity contribution in [2.45, 2.75) is 37.7 Å². The number of aliphatic carboxylic acids is 1. The Kier molecular flexibility index (Phi) is 7.01. The average molecular weight is 449 g/mol. The molecule has 1 amide bonds. The number of benzene rings is 1. The number of amides is 1. The minimum Gasteiger partial charge on any atom is -0.475 e. The number of nitrogens with two attached hydrogens (primary N) is 1. The Morgan fingerprint density at radius 2 is 1.83 bits per heavy atom. The van der Waals surface area contributed by atoms with Gasteiger partial charge in [0.2, 0.25) is 0 Å². The molecule has 1 aromatic carbocycles. The summed E-state index contributed by atoms with van der Waals surface area (Å²) in [5.74, 6) is -3.23. The van der Waals surface area contributed by atoms with E-state index in [0.717, 1.165) is 23.7 Å². The lowest BCUT2D eigenvalue weighted by Crippen LogP contribution is -2.52. The molecule has 8 nitrogen and oxygen atoms in total. The maximum atomic E-state index is 12.5. The molecule has 0 aliphatic carbocycles. The second-order valence-electron chi connectivity index (χ2n) is 6.63. The van der Waals surface area contributed by atoms with E-state index in [4.69, 9.17) is 15.6 Å². The summed E-state index contributed by atoms with van der Waals surface area (Å²) in [6.07, 6.45) is -2.76. The van der Waals surface area contributed by atoms with Gasteiger partial charge in [-0.2, -0.15) is 13.2 Å². The number of carboxylic acids is 1. The molecule has 2 aromatic rings. The minimum atomic E-state index is -5.08. The number of hydrogen-bond acceptors (Lipinski definition) is 5. The summed E-state index contributed by atoms with van der Waals surface area (Å²) in [6.45, 7) is 2.24. The van der Waals surface area contributed by atoms with Gasteiger partial charge in [-0.15, -0.1) is 0 Å². The lowest BCUT2D eigenvalue weighted by atomic mass is 10.1. The number of halogens is 3. The number of sulfone groups is 1. The van der Waals surface area contributed by atoms with Gasteiger partial charge in [0.15, 0.2) is 9.84 Å². The Balaban J connectivity index is 0.000000396. The number of carbonyl (C=O) groups is 2. The zero-order valence-electron chi connectivity index (χ0n) is 16.1. The van der Waals surface area contributed by atoms with Crippen LogP contribution < -0.4 is 10.7 Å². The van der Waals surface area contributed by atoms with Gasteiger partial charge in [0, 0.05) is 17.7 Å². The Hall–Kier alpha value is -2.76. The first-order valence-electron chi connectivity index (χ1n) is 9.09. The van der Waals surface area contributed by atoms with Gasteiger partial charge in [-0.25, -0.2) is 13.2 Å². The molecule has 0 saturated carbocycles. The molecule has 12 heteroatoms. The number of carbonyl (C=O) groups excluding carboxylic acids is 1. The van der Waals surface area contributed by atoms with Crippen LogP contribution in [0.25, 0.3) is 10.9 Å². The summed E-state index contributed by atoms with van der Waals surface area (Å²) >= 11 is 0. The van der Waals surface area contributed by atoms with E-state index in [2.05, 4.69) is 0 Å². The Labute approximate surface area is 170 Å². The molecule has 166 valence electrons. The fraction of sp³-hybridized carbons (Fsp3) is 0.444. The van der Waals surface area contributed by atoms with Crippen LogP contribution in [0.1, 0.15) is 36.7 Å². The van der Waals surface area contributed by atoms with Crippen molar-refractivity contribution in [1.29, 1.82) is 0 Å². The zero-order chi connectivity index (χ0) is 22.7. The molecule has 2 heterocycles. The molecule has 1 fully saturated rings. The summed E-state index contributed by atoms with van der Waals surface area (Å²) in [5.41, 5.74) is 6.66. The van der Waals surface area contributed by atoms with E-state index >= 15 is 0 Å². The summed E-state index contributed by atoms with van der Waals surface area (Å²) < 4.78 is 58.5. The molecule has 1 atom stereocenters. The molecule has 0 radical (unpaired) electrons. The third-order valence-corrected chi connectivity index (χ3v) is 6.79. The van der Waals surface area contributed by atoms with Gasteiger partial charge in [0.25, 0.3) is 5.91 Å². The first-order chi connectivity index (χ1) is 13.9. The third kappa shape index (κ3) is 5.04. The maximum absolute atomic E-state index is 12.5. The molecule has 1 saturated heterocycles. The van der Waals surface area contributed by atoms with Crippen molar-refractivity contribution in [3.63, 3.8) is 0 Å². The fourth-order valence-electron chi connectivity index (χ4n) is 3.26. The number of hydrogen-bond donors (Lipinski definition) is 2. The molecule has 3 N–H and O–H groups in total. The summed E-state index contributed by atoms with van der Waals surface area (Å²) in [4.78, 5) is 20.8. The molecular formula is C18H22F3N3O5S. The van der Waals surface area contributed by atoms with Crippen LogP contribution in [0.3, 0.4) is 0 Å². The van der Waals surface area contributed by atoms with Gasteiger partial charge in [-0.3, -0.25) is 14.5 Å². The average Bonchev–Trinajstić information content (AvgIpc) is 3.07. The monoisotopic (exact) mass is 449 g/mol. The van der Waals surface area contributed by atoms with Crippen LogP contribution in [0.2, 0.25) is 0 Å². The third-order valence-electron chi connectivity index (χ3n) is 4.67. The van der Waals surface area contributed by atoms with E-state index in [-0.39, 0.29) is 5.75 Å². The highest BCUT2D eigenvalue weighted by molar-refractivity contribution is 7.92. The number of fused-ring (bicyclic) bond motifs is 1. The second-order valence-corrected chi connectivity index (χ2v) is 9.08. The van der Waals surface area contributed by atoms with E-state index in [1.54, 1.807) is 22.7 Å². The standard InChI is InChI=1S/C16H21N3O3S.C2HF3O2/c1-2-23(21,22)15-9-5-6-10-18(15)19-13-8-4-3-7-12(13)11-14(19)16(17)20;3-2(4,5)1(6)7/h3-4,7-8,11,15H,2,5-6,9-10H2,1H3,(H2,17,20);(H,6,7). The highest BCUT2D eigenvalue weighted by Crippen LogP contribution is 2.27. The molecule has 1 aromatic heterocycles. The van der Waals surface area contributed by atoms with Crippen molar-refractivity contribution in [3.05, 3.63) is 36.0 Å². The van der Waals surface area contributed by atoms with E-state index in [1.165, 1.54) is 0 Å². The molecule has 0 spiro atoms. The molecule has 0 bridgehead atoms. The number of primary amides is 1. The largest absolute Gasteiger partial charge is 0.490 e. The lowest BCUT2D eigenvalue weighted by Gasteiger charge is -2.38. The van der Waals surface area contributed by atoms with Crippen molar-refractivity contribution >= 4 is 32.6 Å². The number of aromatic nitrogens is 1. The first-order valence-corrected chi connectivity index (χ1v) is 10.8. The number of alkyl halides is 3. The van der Waals surface area contributed by atoms with Crippen LogP contribution in [-0.2, 0) is 14.6 Å². The van der Waals surface area contributed by atoms with Gasteiger partial charge in [0.1, 0.15) is 11.1 Å². The molecule has 30 heavy (non-hydrogen) atoms. The van der Waals surface area contributed by atoms with Crippen molar-refractivity contribution < 1.29 is 36.3 Å². The highest BCUT2D eigenvalue weighted by atomic mass is 32.2. The number of piperidine rings is 1. The minimum absolute atomic E-state index is 0.0826. The SMILES string of the molecule is CCS(=O)(=O)C1CCCCN1n1c(C(N)=O)cc2ccccc21.O=C(O)C(F)(F)F. The van der Waals surface area contributed by atoms with Crippen molar-refractivity contribution in [3.8, 4) is 0 Å². The quantitative estimate of drug-likeness (QED) is 0.738. The highest BCUT2D eigenvalue weighted by Gasteiger charge is 2.38. The Morgan fingerprint density at radius 3 is 2.37 bits per heavy atom. The van der Waals surface area contributed by atoms with Crippen LogP contribution in [0.15, 0.2) is 30.3 Å². The zero-order valence-corrected chi connectivity index (χ0v) is 16.9. The second kappa shape index (κ2) is 8.94. The molecule has 1 unspecified atom stereocenters. The van der Waals surface area contributed by atoms with Crippen LogP contribution in [-0.4, -0.2) is 53.9 Å². The molecule has 3 rings (SSSR count). The van der Waals surface area contributed by atoms with Gasteiger partial charge in [-0.1, -0.05) is 25.1 Å². The van der Waals surface area contributed by atoms with Crippen LogP contribution in [0.5, 0.6) is 0 Å². The topological polar surface area (TPSA) is 123 Å². The normalized spacial score (nSPS) is 17.3. The lowest BCUT2D eigenvalue weighted by molar-refractivity contribution is -0.192. The Morgan fingerprint density at radius 1 is 1.23 bits per heavy atom.